The molecule has 1 N–H and O–H groups in total. The minimum absolute atomic E-state index is 0.0591. The molecule has 1 aliphatic rings. The Balaban J connectivity index is 2.06. The summed E-state index contributed by atoms with van der Waals surface area (Å²) in [4.78, 5) is 13.6. The molecule has 1 fully saturated rings. The zero-order valence-corrected chi connectivity index (χ0v) is 9.43. The topological polar surface area (TPSA) is 53.7 Å². The molecule has 1 amide bonds. The molecule has 0 radical (unpaired) electrons. The van der Waals surface area contributed by atoms with Crippen LogP contribution in [0.3, 0.4) is 0 Å². The third-order valence-electron chi connectivity index (χ3n) is 3.28. The van der Waals surface area contributed by atoms with E-state index in [1.54, 1.807) is 18.0 Å². The van der Waals surface area contributed by atoms with Crippen molar-refractivity contribution in [2.24, 2.45) is 0 Å². The Hall–Kier alpha value is -1.29. The van der Waals surface area contributed by atoms with Gasteiger partial charge in [0.1, 0.15) is 6.26 Å². The summed E-state index contributed by atoms with van der Waals surface area (Å²) < 4.78 is 4.89. The second kappa shape index (κ2) is 4.70. The van der Waals surface area contributed by atoms with Crippen molar-refractivity contribution in [3.63, 3.8) is 0 Å². The first-order valence-electron chi connectivity index (χ1n) is 5.67. The number of hydrogen-bond donors (Lipinski definition) is 1. The van der Waals surface area contributed by atoms with E-state index in [9.17, 15) is 9.90 Å². The molecule has 0 aromatic carbocycles. The number of carbonyl (C=O) groups is 1. The summed E-state index contributed by atoms with van der Waals surface area (Å²) in [6.07, 6.45) is 6.31. The first-order valence-corrected chi connectivity index (χ1v) is 5.67. The van der Waals surface area contributed by atoms with Crippen molar-refractivity contribution in [3.8, 4) is 0 Å². The van der Waals surface area contributed by atoms with Crippen molar-refractivity contribution in [1.29, 1.82) is 0 Å². The number of amides is 1. The molecule has 0 saturated heterocycles. The van der Waals surface area contributed by atoms with Gasteiger partial charge in [0.2, 0.25) is 0 Å². The summed E-state index contributed by atoms with van der Waals surface area (Å²) in [5.74, 6) is -0.0836. The Kier molecular flexibility index (Phi) is 3.29. The zero-order chi connectivity index (χ0) is 11.5. The third-order valence-corrected chi connectivity index (χ3v) is 3.28. The Morgan fingerprint density at radius 3 is 2.88 bits per heavy atom. The molecule has 1 aliphatic carbocycles. The molecule has 1 aromatic rings. The van der Waals surface area contributed by atoms with Crippen LogP contribution in [-0.2, 0) is 0 Å². The second-order valence-corrected chi connectivity index (χ2v) is 4.35. The van der Waals surface area contributed by atoms with Gasteiger partial charge in [-0.05, 0) is 18.9 Å². The lowest BCUT2D eigenvalue weighted by Gasteiger charge is -2.34. The highest BCUT2D eigenvalue weighted by molar-refractivity contribution is 5.93. The lowest BCUT2D eigenvalue weighted by Crippen LogP contribution is -2.46. The predicted molar refractivity (Wildman–Crippen MR) is 59.1 cm³/mol. The van der Waals surface area contributed by atoms with Gasteiger partial charge in [0.15, 0.2) is 0 Å². The van der Waals surface area contributed by atoms with Crippen LogP contribution in [0.2, 0.25) is 0 Å². The number of rotatable bonds is 2. The fourth-order valence-electron chi connectivity index (χ4n) is 2.28. The molecule has 0 spiro atoms. The molecule has 1 saturated carbocycles. The fraction of sp³-hybridized carbons (Fsp3) is 0.583. The van der Waals surface area contributed by atoms with E-state index in [4.69, 9.17) is 4.42 Å². The highest BCUT2D eigenvalue weighted by Crippen LogP contribution is 2.23. The maximum Gasteiger partial charge on any atom is 0.257 e. The number of nitrogens with zero attached hydrogens (tertiary/aromatic N) is 1. The van der Waals surface area contributed by atoms with Gasteiger partial charge < -0.3 is 14.4 Å². The van der Waals surface area contributed by atoms with Gasteiger partial charge in [0, 0.05) is 7.05 Å². The standard InChI is InChI=1S/C12H17NO3/c1-13(10-4-2-3-5-11(10)14)12(15)9-6-7-16-8-9/h6-8,10-11,14H,2-5H2,1H3. The molecular weight excluding hydrogens is 206 g/mol. The van der Waals surface area contributed by atoms with E-state index in [2.05, 4.69) is 0 Å². The summed E-state index contributed by atoms with van der Waals surface area (Å²) in [5, 5.41) is 9.87. The van der Waals surface area contributed by atoms with Crippen molar-refractivity contribution in [1.82, 2.24) is 4.90 Å². The number of likely N-dealkylation sites (N-methyl/N-ethyl adjacent to an activating group) is 1. The monoisotopic (exact) mass is 223 g/mol. The van der Waals surface area contributed by atoms with Crippen molar-refractivity contribution >= 4 is 5.91 Å². The molecule has 2 unspecified atom stereocenters. The smallest absolute Gasteiger partial charge is 0.257 e. The van der Waals surface area contributed by atoms with Crippen LogP contribution in [0, 0.1) is 0 Å². The lowest BCUT2D eigenvalue weighted by molar-refractivity contribution is 0.0267. The summed E-state index contributed by atoms with van der Waals surface area (Å²) in [5.41, 5.74) is 0.542. The van der Waals surface area contributed by atoms with Gasteiger partial charge in [-0.2, -0.15) is 0 Å². The quantitative estimate of drug-likeness (QED) is 0.829. The van der Waals surface area contributed by atoms with E-state index in [1.165, 1.54) is 12.5 Å². The zero-order valence-electron chi connectivity index (χ0n) is 9.43. The molecule has 0 bridgehead atoms. The average molecular weight is 223 g/mol. The number of aliphatic hydroxyl groups is 1. The van der Waals surface area contributed by atoms with E-state index in [1.807, 2.05) is 0 Å². The van der Waals surface area contributed by atoms with Crippen LogP contribution in [0.15, 0.2) is 23.0 Å². The van der Waals surface area contributed by atoms with Crippen molar-refractivity contribution in [2.75, 3.05) is 7.05 Å². The second-order valence-electron chi connectivity index (χ2n) is 4.35. The molecule has 4 heteroatoms. The van der Waals surface area contributed by atoms with E-state index in [-0.39, 0.29) is 11.9 Å². The first kappa shape index (κ1) is 11.2. The van der Waals surface area contributed by atoms with Gasteiger partial charge in [-0.15, -0.1) is 0 Å². The highest BCUT2D eigenvalue weighted by atomic mass is 16.3. The minimum atomic E-state index is -0.394. The maximum atomic E-state index is 12.0. The number of hydrogen-bond acceptors (Lipinski definition) is 3. The molecule has 88 valence electrons. The van der Waals surface area contributed by atoms with Crippen LogP contribution in [0.1, 0.15) is 36.0 Å². The largest absolute Gasteiger partial charge is 0.472 e. The van der Waals surface area contributed by atoms with Crippen LogP contribution in [0.4, 0.5) is 0 Å². The van der Waals surface area contributed by atoms with Gasteiger partial charge in [-0.25, -0.2) is 0 Å². The minimum Gasteiger partial charge on any atom is -0.472 e. The van der Waals surface area contributed by atoms with Crippen LogP contribution in [0.25, 0.3) is 0 Å². The van der Waals surface area contributed by atoms with E-state index in [0.717, 1.165) is 25.7 Å². The molecule has 4 nitrogen and oxygen atoms in total. The van der Waals surface area contributed by atoms with Crippen LogP contribution in [-0.4, -0.2) is 35.1 Å². The molecular formula is C12H17NO3. The van der Waals surface area contributed by atoms with Gasteiger partial charge in [0.05, 0.1) is 24.0 Å². The molecule has 2 rings (SSSR count). The third kappa shape index (κ3) is 2.11. The van der Waals surface area contributed by atoms with Crippen LogP contribution < -0.4 is 0 Å². The Bertz CT molecular complexity index is 347. The van der Waals surface area contributed by atoms with Gasteiger partial charge in [-0.3, -0.25) is 4.79 Å². The van der Waals surface area contributed by atoms with E-state index < -0.39 is 6.10 Å². The summed E-state index contributed by atoms with van der Waals surface area (Å²) in [7, 11) is 1.74. The highest BCUT2D eigenvalue weighted by Gasteiger charge is 2.29. The average Bonchev–Trinajstić information content (AvgIpc) is 2.81. The van der Waals surface area contributed by atoms with Gasteiger partial charge in [0.25, 0.3) is 5.91 Å². The molecule has 16 heavy (non-hydrogen) atoms. The fourth-order valence-corrected chi connectivity index (χ4v) is 2.28. The van der Waals surface area contributed by atoms with Crippen LogP contribution in [0.5, 0.6) is 0 Å². The summed E-state index contributed by atoms with van der Waals surface area (Å²) in [6, 6.07) is 1.59. The molecule has 1 aromatic heterocycles. The molecule has 2 atom stereocenters. The summed E-state index contributed by atoms with van der Waals surface area (Å²) in [6.45, 7) is 0. The van der Waals surface area contributed by atoms with Gasteiger partial charge >= 0.3 is 0 Å². The summed E-state index contributed by atoms with van der Waals surface area (Å²) >= 11 is 0. The van der Waals surface area contributed by atoms with E-state index in [0.29, 0.717) is 5.56 Å². The predicted octanol–water partition coefficient (Wildman–Crippen LogP) is 1.66. The first-order chi connectivity index (χ1) is 7.70. The Morgan fingerprint density at radius 1 is 1.50 bits per heavy atom. The maximum absolute atomic E-state index is 12.0. The Labute approximate surface area is 94.9 Å². The van der Waals surface area contributed by atoms with Gasteiger partial charge in [-0.1, -0.05) is 12.8 Å². The molecule has 0 aliphatic heterocycles. The van der Waals surface area contributed by atoms with Crippen molar-refractivity contribution < 1.29 is 14.3 Å². The Morgan fingerprint density at radius 2 is 2.25 bits per heavy atom. The van der Waals surface area contributed by atoms with Crippen molar-refractivity contribution in [2.45, 2.75) is 37.8 Å². The van der Waals surface area contributed by atoms with Crippen LogP contribution >= 0.6 is 0 Å². The SMILES string of the molecule is CN(C(=O)c1ccoc1)C1CCCCC1O. The number of furan rings is 1. The van der Waals surface area contributed by atoms with E-state index >= 15 is 0 Å². The normalized spacial score (nSPS) is 25.4. The molecule has 1 heterocycles. The number of aliphatic hydroxyl groups excluding tert-OH is 1. The van der Waals surface area contributed by atoms with Crippen molar-refractivity contribution in [3.05, 3.63) is 24.2 Å². The number of carbonyl (C=O) groups excluding carboxylic acids is 1. The lowest BCUT2D eigenvalue weighted by atomic mass is 9.91.